The molecule has 0 aromatic heterocycles. The number of nitrogens with zero attached hydrogens (tertiary/aromatic N) is 2. The molecule has 3 atom stereocenters. The molecule has 3 unspecified atom stereocenters. The molecular formula is C26H45N3O7Si. The molecule has 0 aromatic rings. The van der Waals surface area contributed by atoms with E-state index < -0.39 is 38.4 Å². The van der Waals surface area contributed by atoms with Crippen molar-refractivity contribution in [2.75, 3.05) is 40.4 Å². The van der Waals surface area contributed by atoms with Crippen LogP contribution in [0.5, 0.6) is 0 Å². The summed E-state index contributed by atoms with van der Waals surface area (Å²) in [5, 5.41) is 2.81. The van der Waals surface area contributed by atoms with Crippen molar-refractivity contribution in [3.63, 3.8) is 0 Å². The van der Waals surface area contributed by atoms with E-state index >= 15 is 0 Å². The predicted octanol–water partition coefficient (Wildman–Crippen LogP) is 3.60. The minimum Gasteiger partial charge on any atom is -0.445 e. The summed E-state index contributed by atoms with van der Waals surface area (Å²) in [6, 6.07) is -0.390. The standard InChI is InChI=1S/C26H45N3O7Si/c1-11-13-34-24(32)28(7)16-19(17-29(8)25(33)35-14-12-2)21(30)15-20-22(23(31)27-20)18(3)36-37(9,10)26(4,5)6/h11-12,18-20,22H,1-2,13-17H2,3-10H3,(H,27,31). The first-order valence-corrected chi connectivity index (χ1v) is 15.4. The maximum absolute atomic E-state index is 13.4. The van der Waals surface area contributed by atoms with Crippen LogP contribution in [-0.2, 0) is 23.5 Å². The van der Waals surface area contributed by atoms with Crippen LogP contribution >= 0.6 is 0 Å². The maximum atomic E-state index is 13.4. The Morgan fingerprint density at radius 1 is 1.03 bits per heavy atom. The van der Waals surface area contributed by atoms with Gasteiger partial charge in [0.1, 0.15) is 19.0 Å². The predicted molar refractivity (Wildman–Crippen MR) is 145 cm³/mol. The van der Waals surface area contributed by atoms with Gasteiger partial charge in [0, 0.05) is 39.6 Å². The molecule has 37 heavy (non-hydrogen) atoms. The van der Waals surface area contributed by atoms with Gasteiger partial charge in [-0.15, -0.1) is 0 Å². The van der Waals surface area contributed by atoms with E-state index in [0.29, 0.717) is 0 Å². The van der Waals surface area contributed by atoms with E-state index in [4.69, 9.17) is 13.9 Å². The molecule has 1 fully saturated rings. The highest BCUT2D eigenvalue weighted by Gasteiger charge is 2.48. The van der Waals surface area contributed by atoms with Gasteiger partial charge in [-0.25, -0.2) is 9.59 Å². The van der Waals surface area contributed by atoms with Crippen LogP contribution in [0.15, 0.2) is 25.3 Å². The maximum Gasteiger partial charge on any atom is 0.409 e. The lowest BCUT2D eigenvalue weighted by Gasteiger charge is -2.45. The molecule has 0 aliphatic carbocycles. The summed E-state index contributed by atoms with van der Waals surface area (Å²) >= 11 is 0. The van der Waals surface area contributed by atoms with Crippen molar-refractivity contribution in [1.82, 2.24) is 15.1 Å². The van der Waals surface area contributed by atoms with Crippen molar-refractivity contribution in [3.8, 4) is 0 Å². The Morgan fingerprint density at radius 2 is 1.49 bits per heavy atom. The van der Waals surface area contributed by atoms with E-state index in [1.54, 1.807) is 0 Å². The van der Waals surface area contributed by atoms with Crippen LogP contribution < -0.4 is 5.32 Å². The Labute approximate surface area is 222 Å². The van der Waals surface area contributed by atoms with Crippen molar-refractivity contribution in [3.05, 3.63) is 25.3 Å². The number of hydrogen-bond donors (Lipinski definition) is 1. The highest BCUT2D eigenvalue weighted by molar-refractivity contribution is 6.74. The number of β-lactam (4-membered cyclic amide) rings is 1. The van der Waals surface area contributed by atoms with E-state index in [2.05, 4.69) is 52.3 Å². The minimum atomic E-state index is -2.12. The van der Waals surface area contributed by atoms with Gasteiger partial charge in [-0.3, -0.25) is 9.59 Å². The molecular weight excluding hydrogens is 494 g/mol. The van der Waals surface area contributed by atoms with Crippen molar-refractivity contribution >= 4 is 32.2 Å². The quantitative estimate of drug-likeness (QED) is 0.204. The Bertz CT molecular complexity index is 824. The monoisotopic (exact) mass is 539 g/mol. The summed E-state index contributed by atoms with van der Waals surface area (Å²) in [5.74, 6) is -1.52. The number of nitrogens with one attached hydrogen (secondary N) is 1. The zero-order chi connectivity index (χ0) is 28.6. The molecule has 0 radical (unpaired) electrons. The molecule has 3 amide bonds. The van der Waals surface area contributed by atoms with Crippen LogP contribution in [-0.4, -0.2) is 94.5 Å². The number of carbonyl (C=O) groups is 4. The summed E-state index contributed by atoms with van der Waals surface area (Å²) < 4.78 is 16.5. The highest BCUT2D eigenvalue weighted by atomic mass is 28.4. The van der Waals surface area contributed by atoms with Crippen molar-refractivity contribution < 1.29 is 33.1 Å². The van der Waals surface area contributed by atoms with Gasteiger partial charge in [-0.1, -0.05) is 46.1 Å². The molecule has 1 aliphatic heterocycles. The Morgan fingerprint density at radius 3 is 1.86 bits per heavy atom. The lowest BCUT2D eigenvalue weighted by molar-refractivity contribution is -0.141. The molecule has 1 saturated heterocycles. The zero-order valence-corrected chi connectivity index (χ0v) is 24.7. The number of amides is 3. The average Bonchev–Trinajstić information content (AvgIpc) is 2.78. The molecule has 1 aliphatic rings. The van der Waals surface area contributed by atoms with Gasteiger partial charge in [0.2, 0.25) is 5.91 Å². The van der Waals surface area contributed by atoms with Gasteiger partial charge < -0.3 is 29.0 Å². The Balaban J connectivity index is 2.98. The zero-order valence-electron chi connectivity index (χ0n) is 23.7. The average molecular weight is 540 g/mol. The molecule has 1 rings (SSSR count). The molecule has 10 nitrogen and oxygen atoms in total. The second kappa shape index (κ2) is 13.8. The fourth-order valence-corrected chi connectivity index (χ4v) is 5.25. The summed E-state index contributed by atoms with van der Waals surface area (Å²) in [6.45, 7) is 19.7. The van der Waals surface area contributed by atoms with Crippen LogP contribution in [0.2, 0.25) is 18.1 Å². The van der Waals surface area contributed by atoms with Crippen LogP contribution in [0, 0.1) is 11.8 Å². The molecule has 11 heteroatoms. The highest BCUT2D eigenvalue weighted by Crippen LogP contribution is 2.39. The summed E-state index contributed by atoms with van der Waals surface area (Å²) in [4.78, 5) is 53.0. The smallest absolute Gasteiger partial charge is 0.409 e. The molecule has 0 bridgehead atoms. The first kappa shape index (κ1) is 32.4. The number of Topliss-reactive ketones (excluding diaryl/α,β-unsaturated/α-hetero) is 1. The van der Waals surface area contributed by atoms with Crippen LogP contribution in [0.4, 0.5) is 9.59 Å². The van der Waals surface area contributed by atoms with E-state index in [0.717, 1.165) is 0 Å². The van der Waals surface area contributed by atoms with Crippen LogP contribution in [0.3, 0.4) is 0 Å². The summed E-state index contributed by atoms with van der Waals surface area (Å²) in [5.41, 5.74) is 0. The second-order valence-corrected chi connectivity index (χ2v) is 15.8. The van der Waals surface area contributed by atoms with Gasteiger partial charge in [-0.05, 0) is 25.1 Å². The first-order valence-electron chi connectivity index (χ1n) is 12.5. The Hall–Kier alpha value is -2.66. The molecule has 0 aromatic carbocycles. The third-order valence-electron chi connectivity index (χ3n) is 6.99. The molecule has 0 saturated carbocycles. The largest absolute Gasteiger partial charge is 0.445 e. The van der Waals surface area contributed by atoms with E-state index in [1.165, 1.54) is 36.0 Å². The van der Waals surface area contributed by atoms with Crippen molar-refractivity contribution in [1.29, 1.82) is 0 Å². The number of rotatable bonds is 14. The fraction of sp³-hybridized carbons (Fsp3) is 0.692. The molecule has 0 spiro atoms. The molecule has 1 heterocycles. The van der Waals surface area contributed by atoms with E-state index in [9.17, 15) is 19.2 Å². The minimum absolute atomic E-state index is 0.0204. The lowest BCUT2D eigenvalue weighted by Crippen LogP contribution is -2.64. The topological polar surface area (TPSA) is 114 Å². The third kappa shape index (κ3) is 9.30. The normalized spacial score (nSPS) is 18.2. The number of ketones is 1. The lowest BCUT2D eigenvalue weighted by atomic mass is 9.81. The number of carbonyl (C=O) groups excluding carboxylic acids is 4. The number of ether oxygens (including phenoxy) is 2. The SMILES string of the molecule is C=CCOC(=O)N(C)CC(CN(C)C(=O)OCC=C)C(=O)CC1NC(=O)C1C(C)O[Si](C)(C)C(C)(C)C. The van der Waals surface area contributed by atoms with Crippen LogP contribution in [0.25, 0.3) is 0 Å². The fourth-order valence-electron chi connectivity index (χ4n) is 3.82. The van der Waals surface area contributed by atoms with Gasteiger partial charge in [0.05, 0.1) is 17.9 Å². The second-order valence-electron chi connectivity index (χ2n) is 11.1. The summed E-state index contributed by atoms with van der Waals surface area (Å²) in [7, 11) is 0.917. The van der Waals surface area contributed by atoms with Gasteiger partial charge in [-0.2, -0.15) is 0 Å². The summed E-state index contributed by atoms with van der Waals surface area (Å²) in [6.07, 6.45) is 1.38. The van der Waals surface area contributed by atoms with Gasteiger partial charge in [0.25, 0.3) is 0 Å². The van der Waals surface area contributed by atoms with Crippen LogP contribution in [0.1, 0.15) is 34.1 Å². The third-order valence-corrected chi connectivity index (χ3v) is 11.6. The van der Waals surface area contributed by atoms with Gasteiger partial charge >= 0.3 is 12.2 Å². The van der Waals surface area contributed by atoms with Gasteiger partial charge in [0.15, 0.2) is 8.32 Å². The molecule has 1 N–H and O–H groups in total. The van der Waals surface area contributed by atoms with Crippen molar-refractivity contribution in [2.45, 2.75) is 64.4 Å². The molecule has 210 valence electrons. The first-order chi connectivity index (χ1) is 17.0. The van der Waals surface area contributed by atoms with E-state index in [-0.39, 0.29) is 55.6 Å². The Kier molecular flexibility index (Phi) is 12.0. The van der Waals surface area contributed by atoms with Crippen molar-refractivity contribution in [2.24, 2.45) is 11.8 Å². The number of hydrogen-bond acceptors (Lipinski definition) is 7. The van der Waals surface area contributed by atoms with E-state index in [1.807, 2.05) is 6.92 Å².